The predicted octanol–water partition coefficient (Wildman–Crippen LogP) is 3.11. The predicted molar refractivity (Wildman–Crippen MR) is 89.3 cm³/mol. The maximum absolute atomic E-state index is 11.3. The molecule has 0 fully saturated rings. The molecule has 7 heteroatoms. The highest BCUT2D eigenvalue weighted by atomic mass is 16.5. The zero-order valence-electron chi connectivity index (χ0n) is 13.4. The first-order chi connectivity index (χ1) is 11.6. The van der Waals surface area contributed by atoms with Gasteiger partial charge in [-0.2, -0.15) is 5.10 Å². The van der Waals surface area contributed by atoms with Crippen molar-refractivity contribution in [2.24, 2.45) is 0 Å². The topological polar surface area (TPSA) is 81.9 Å². The lowest BCUT2D eigenvalue weighted by atomic mass is 10.3. The lowest BCUT2D eigenvalue weighted by molar-refractivity contribution is -0.115. The van der Waals surface area contributed by atoms with Gasteiger partial charge in [-0.1, -0.05) is 6.92 Å². The first-order valence-electron chi connectivity index (χ1n) is 7.58. The van der Waals surface area contributed by atoms with Crippen molar-refractivity contribution in [2.75, 3.05) is 5.32 Å². The van der Waals surface area contributed by atoms with Gasteiger partial charge < -0.3 is 10.1 Å². The maximum atomic E-state index is 11.3. The van der Waals surface area contributed by atoms with E-state index in [2.05, 4.69) is 20.6 Å². The van der Waals surface area contributed by atoms with Gasteiger partial charge in [0.15, 0.2) is 5.82 Å². The molecule has 0 atom stereocenters. The Morgan fingerprint density at radius 2 is 1.92 bits per heavy atom. The van der Waals surface area contributed by atoms with E-state index in [9.17, 15) is 4.79 Å². The number of amides is 1. The Morgan fingerprint density at radius 1 is 1.12 bits per heavy atom. The molecule has 3 rings (SSSR count). The second-order valence-electron chi connectivity index (χ2n) is 5.16. The molecule has 1 amide bonds. The fourth-order valence-corrected chi connectivity index (χ4v) is 2.01. The highest BCUT2D eigenvalue weighted by Crippen LogP contribution is 2.21. The first-order valence-corrected chi connectivity index (χ1v) is 7.58. The summed E-state index contributed by atoms with van der Waals surface area (Å²) in [4.78, 5) is 11.3. The second-order valence-corrected chi connectivity index (χ2v) is 5.16. The standard InChI is InChI=1S/C17H17N5O2/c1-3-16(23)18-13-4-6-14(7-5-13)24-17-9-8-15(19-20-17)22-11-10-12(2)21-22/h4-11H,3H2,1-2H3,(H,18,23). The average Bonchev–Trinajstić information content (AvgIpc) is 3.03. The van der Waals surface area contributed by atoms with Crippen LogP contribution < -0.4 is 10.1 Å². The zero-order valence-corrected chi connectivity index (χ0v) is 13.4. The number of benzene rings is 1. The van der Waals surface area contributed by atoms with Crippen molar-refractivity contribution in [1.29, 1.82) is 0 Å². The lowest BCUT2D eigenvalue weighted by Gasteiger charge is -2.07. The minimum atomic E-state index is -0.0287. The Bertz CT molecular complexity index is 825. The smallest absolute Gasteiger partial charge is 0.238 e. The third-order valence-corrected chi connectivity index (χ3v) is 3.26. The van der Waals surface area contributed by atoms with Crippen molar-refractivity contribution in [1.82, 2.24) is 20.0 Å². The molecular weight excluding hydrogens is 306 g/mol. The summed E-state index contributed by atoms with van der Waals surface area (Å²) in [7, 11) is 0. The summed E-state index contributed by atoms with van der Waals surface area (Å²) >= 11 is 0. The van der Waals surface area contributed by atoms with Crippen molar-refractivity contribution in [3.8, 4) is 17.4 Å². The van der Waals surface area contributed by atoms with Crippen LogP contribution in [0.5, 0.6) is 11.6 Å². The third kappa shape index (κ3) is 3.75. The van der Waals surface area contributed by atoms with Crippen LogP contribution in [-0.4, -0.2) is 25.9 Å². The maximum Gasteiger partial charge on any atom is 0.238 e. The number of carbonyl (C=O) groups excluding carboxylic acids is 1. The van der Waals surface area contributed by atoms with E-state index in [0.29, 0.717) is 23.9 Å². The quantitative estimate of drug-likeness (QED) is 0.780. The van der Waals surface area contributed by atoms with Crippen LogP contribution in [0.4, 0.5) is 5.69 Å². The van der Waals surface area contributed by atoms with Crippen LogP contribution >= 0.6 is 0 Å². The molecule has 0 aliphatic carbocycles. The van der Waals surface area contributed by atoms with Gasteiger partial charge in [-0.3, -0.25) is 4.79 Å². The number of carbonyl (C=O) groups is 1. The largest absolute Gasteiger partial charge is 0.438 e. The minimum absolute atomic E-state index is 0.0287. The van der Waals surface area contributed by atoms with Crippen molar-refractivity contribution in [2.45, 2.75) is 20.3 Å². The molecule has 0 spiro atoms. The van der Waals surface area contributed by atoms with Crippen LogP contribution in [0.1, 0.15) is 19.0 Å². The van der Waals surface area contributed by atoms with Crippen LogP contribution in [0.3, 0.4) is 0 Å². The van der Waals surface area contributed by atoms with Gasteiger partial charge in [0.05, 0.1) is 5.69 Å². The molecule has 0 aliphatic heterocycles. The van der Waals surface area contributed by atoms with E-state index in [1.807, 2.05) is 19.2 Å². The van der Waals surface area contributed by atoms with Gasteiger partial charge in [-0.25, -0.2) is 4.68 Å². The summed E-state index contributed by atoms with van der Waals surface area (Å²) in [6, 6.07) is 12.5. The second kappa shape index (κ2) is 6.91. The highest BCUT2D eigenvalue weighted by Gasteiger charge is 2.04. The molecule has 1 N–H and O–H groups in total. The first kappa shape index (κ1) is 15.7. The average molecular weight is 323 g/mol. The van der Waals surface area contributed by atoms with Crippen LogP contribution in [0.25, 0.3) is 5.82 Å². The molecule has 2 aromatic heterocycles. The lowest BCUT2D eigenvalue weighted by Crippen LogP contribution is -2.09. The Morgan fingerprint density at radius 3 is 2.50 bits per heavy atom. The number of hydrogen-bond acceptors (Lipinski definition) is 5. The molecule has 3 aromatic rings. The fraction of sp³-hybridized carbons (Fsp3) is 0.176. The molecule has 0 aliphatic rings. The van der Waals surface area contributed by atoms with Crippen molar-refractivity contribution >= 4 is 11.6 Å². The van der Waals surface area contributed by atoms with Gasteiger partial charge in [0.2, 0.25) is 11.8 Å². The number of nitrogens with zero attached hydrogens (tertiary/aromatic N) is 4. The van der Waals surface area contributed by atoms with E-state index in [-0.39, 0.29) is 5.91 Å². The van der Waals surface area contributed by atoms with E-state index in [1.54, 1.807) is 48.0 Å². The van der Waals surface area contributed by atoms with Crippen molar-refractivity contribution < 1.29 is 9.53 Å². The zero-order chi connectivity index (χ0) is 16.9. The van der Waals surface area contributed by atoms with E-state index in [1.165, 1.54) is 0 Å². The van der Waals surface area contributed by atoms with Gasteiger partial charge in [0.25, 0.3) is 0 Å². The number of ether oxygens (including phenoxy) is 1. The van der Waals surface area contributed by atoms with Crippen molar-refractivity contribution in [3.05, 3.63) is 54.4 Å². The fourth-order valence-electron chi connectivity index (χ4n) is 2.01. The van der Waals surface area contributed by atoms with E-state index < -0.39 is 0 Å². The number of aromatic nitrogens is 4. The summed E-state index contributed by atoms with van der Waals surface area (Å²) in [5.74, 6) is 1.58. The van der Waals surface area contributed by atoms with Gasteiger partial charge in [0.1, 0.15) is 5.75 Å². The highest BCUT2D eigenvalue weighted by molar-refractivity contribution is 5.90. The van der Waals surface area contributed by atoms with Crippen LogP contribution in [-0.2, 0) is 4.79 Å². The van der Waals surface area contributed by atoms with Gasteiger partial charge in [-0.05, 0) is 43.3 Å². The van der Waals surface area contributed by atoms with Crippen LogP contribution in [0, 0.1) is 6.92 Å². The Labute approximate surface area is 139 Å². The van der Waals surface area contributed by atoms with Gasteiger partial charge >= 0.3 is 0 Å². The molecular formula is C17H17N5O2. The molecule has 122 valence electrons. The van der Waals surface area contributed by atoms with Crippen molar-refractivity contribution in [3.63, 3.8) is 0 Å². The number of nitrogens with one attached hydrogen (secondary N) is 1. The number of rotatable bonds is 5. The molecule has 0 radical (unpaired) electrons. The van der Waals surface area contributed by atoms with Gasteiger partial charge in [-0.15, -0.1) is 10.2 Å². The molecule has 2 heterocycles. The summed E-state index contributed by atoms with van der Waals surface area (Å²) in [5.41, 5.74) is 1.64. The molecule has 0 saturated heterocycles. The Hall–Kier alpha value is -3.22. The van der Waals surface area contributed by atoms with E-state index >= 15 is 0 Å². The molecule has 24 heavy (non-hydrogen) atoms. The molecule has 1 aromatic carbocycles. The van der Waals surface area contributed by atoms with Gasteiger partial charge in [0, 0.05) is 24.4 Å². The van der Waals surface area contributed by atoms with E-state index in [0.717, 1.165) is 11.4 Å². The minimum Gasteiger partial charge on any atom is -0.438 e. The summed E-state index contributed by atoms with van der Waals surface area (Å²) < 4.78 is 7.29. The SMILES string of the molecule is CCC(=O)Nc1ccc(Oc2ccc(-n3ccc(C)n3)nn2)cc1. The summed E-state index contributed by atoms with van der Waals surface area (Å²) in [5, 5.41) is 15.2. The molecule has 0 unspecified atom stereocenters. The van der Waals surface area contributed by atoms with Crippen LogP contribution in [0.15, 0.2) is 48.7 Å². The monoisotopic (exact) mass is 323 g/mol. The normalized spacial score (nSPS) is 10.4. The summed E-state index contributed by atoms with van der Waals surface area (Å²) in [6.07, 6.45) is 2.26. The number of anilines is 1. The number of hydrogen-bond donors (Lipinski definition) is 1. The summed E-state index contributed by atoms with van der Waals surface area (Å²) in [6.45, 7) is 3.72. The van der Waals surface area contributed by atoms with E-state index in [4.69, 9.17) is 4.74 Å². The van der Waals surface area contributed by atoms with Crippen LogP contribution in [0.2, 0.25) is 0 Å². The Balaban J connectivity index is 1.66. The molecule has 0 bridgehead atoms. The molecule has 7 nitrogen and oxygen atoms in total. The Kier molecular flexibility index (Phi) is 4.51. The molecule has 0 saturated carbocycles. The number of aryl methyl sites for hydroxylation is 1. The third-order valence-electron chi connectivity index (χ3n) is 3.26.